The van der Waals surface area contributed by atoms with E-state index in [-0.39, 0.29) is 13.2 Å². The minimum absolute atomic E-state index is 0.0432. The Morgan fingerprint density at radius 3 is 2.54 bits per heavy atom. The van der Waals surface area contributed by atoms with Gasteiger partial charge in [0.05, 0.1) is 17.8 Å². The molecule has 0 aliphatic carbocycles. The molecule has 0 saturated carbocycles. The van der Waals surface area contributed by atoms with Crippen LogP contribution in [-0.2, 0) is 17.5 Å². The summed E-state index contributed by atoms with van der Waals surface area (Å²) in [5.41, 5.74) is 3.61. The normalized spacial score (nSPS) is 10.6. The van der Waals surface area contributed by atoms with E-state index in [1.807, 2.05) is 6.07 Å². The van der Waals surface area contributed by atoms with Crippen molar-refractivity contribution in [3.8, 4) is 11.8 Å². The number of carbonyl (C=O) groups excluding carboxylic acids is 1. The summed E-state index contributed by atoms with van der Waals surface area (Å²) >= 11 is 0. The summed E-state index contributed by atoms with van der Waals surface area (Å²) in [4.78, 5) is 11.5. The Morgan fingerprint density at radius 1 is 1.19 bits per heavy atom. The Morgan fingerprint density at radius 2 is 1.88 bits per heavy atom. The van der Waals surface area contributed by atoms with Gasteiger partial charge in [0.15, 0.2) is 0 Å². The number of halogens is 4. The molecule has 1 amide bonds. The largest absolute Gasteiger partial charge is 0.445 e. The summed E-state index contributed by atoms with van der Waals surface area (Å²) in [7, 11) is 0. The number of rotatable bonds is 3. The molecule has 0 saturated heterocycles. The predicted molar refractivity (Wildman–Crippen MR) is 87.3 cm³/mol. The van der Waals surface area contributed by atoms with Crippen molar-refractivity contribution in [1.29, 1.82) is 0 Å². The van der Waals surface area contributed by atoms with E-state index in [0.717, 1.165) is 5.56 Å². The first kappa shape index (κ1) is 19.1. The highest BCUT2D eigenvalue weighted by Gasteiger charge is 2.34. The number of amides is 1. The molecule has 0 aromatic heterocycles. The zero-order chi connectivity index (χ0) is 19.2. The van der Waals surface area contributed by atoms with Crippen LogP contribution in [0.3, 0.4) is 0 Å². The van der Waals surface area contributed by atoms with Gasteiger partial charge >= 0.3 is 12.3 Å². The second kappa shape index (κ2) is 8.25. The molecule has 0 aliphatic heterocycles. The van der Waals surface area contributed by atoms with Gasteiger partial charge in [-0.15, -0.1) is 0 Å². The summed E-state index contributed by atoms with van der Waals surface area (Å²) in [5, 5.41) is 2.27. The van der Waals surface area contributed by atoms with Crippen molar-refractivity contribution in [2.24, 2.45) is 0 Å². The zero-order valence-corrected chi connectivity index (χ0v) is 13.4. The summed E-state index contributed by atoms with van der Waals surface area (Å²) in [6, 6.07) is 10.0. The van der Waals surface area contributed by atoms with Crippen molar-refractivity contribution >= 4 is 11.8 Å². The highest BCUT2D eigenvalue weighted by Crippen LogP contribution is 2.33. The Hall–Kier alpha value is -3.21. The van der Waals surface area contributed by atoms with Crippen molar-refractivity contribution in [3.63, 3.8) is 0 Å². The number of nitrogens with two attached hydrogens (primary N) is 1. The Balaban J connectivity index is 1.95. The third kappa shape index (κ3) is 5.41. The molecule has 4 nitrogen and oxygen atoms in total. The second-order valence-corrected chi connectivity index (χ2v) is 5.13. The highest BCUT2D eigenvalue weighted by atomic mass is 19.4. The Labute approximate surface area is 147 Å². The van der Waals surface area contributed by atoms with Crippen LogP contribution in [0.25, 0.3) is 0 Å². The van der Waals surface area contributed by atoms with E-state index < -0.39 is 34.9 Å². The maximum Gasteiger partial charge on any atom is 0.417 e. The summed E-state index contributed by atoms with van der Waals surface area (Å²) < 4.78 is 57.1. The van der Waals surface area contributed by atoms with E-state index in [1.54, 1.807) is 24.3 Å². The van der Waals surface area contributed by atoms with Crippen LogP contribution in [0.1, 0.15) is 16.7 Å². The first-order valence-electron chi connectivity index (χ1n) is 7.37. The molecule has 136 valence electrons. The topological polar surface area (TPSA) is 64.3 Å². The minimum Gasteiger partial charge on any atom is -0.445 e. The van der Waals surface area contributed by atoms with Crippen LogP contribution in [0.2, 0.25) is 0 Å². The lowest BCUT2D eigenvalue weighted by atomic mass is 10.1. The van der Waals surface area contributed by atoms with Crippen molar-refractivity contribution in [1.82, 2.24) is 5.32 Å². The van der Waals surface area contributed by atoms with Crippen LogP contribution in [0.15, 0.2) is 42.5 Å². The van der Waals surface area contributed by atoms with Crippen molar-refractivity contribution < 1.29 is 27.1 Å². The van der Waals surface area contributed by atoms with Gasteiger partial charge in [-0.2, -0.15) is 13.2 Å². The number of carbonyl (C=O) groups is 1. The van der Waals surface area contributed by atoms with E-state index in [2.05, 4.69) is 17.2 Å². The van der Waals surface area contributed by atoms with Crippen LogP contribution in [0.4, 0.5) is 28.0 Å². The molecule has 3 N–H and O–H groups in total. The molecule has 2 rings (SSSR count). The maximum absolute atomic E-state index is 13.4. The maximum atomic E-state index is 13.4. The van der Waals surface area contributed by atoms with Gasteiger partial charge in [-0.3, -0.25) is 0 Å². The van der Waals surface area contributed by atoms with Crippen LogP contribution in [0.5, 0.6) is 0 Å². The molecule has 0 aliphatic rings. The second-order valence-electron chi connectivity index (χ2n) is 5.13. The standard InChI is InChI=1S/C18H14F4N2O2/c19-15-9-13(14(10-16(15)23)18(20,21)22)7-4-8-24-17(25)26-11-12-5-2-1-3-6-12/h1-3,5-6,9-10H,8,11,23H2,(H,24,25). The van der Waals surface area contributed by atoms with Gasteiger partial charge < -0.3 is 15.8 Å². The summed E-state index contributed by atoms with van der Waals surface area (Å²) in [6.07, 6.45) is -5.50. The number of benzene rings is 2. The lowest BCUT2D eigenvalue weighted by molar-refractivity contribution is -0.137. The Bertz CT molecular complexity index is 840. The van der Waals surface area contributed by atoms with Crippen LogP contribution in [0, 0.1) is 17.7 Å². The molecule has 2 aromatic rings. The molecular formula is C18H14F4N2O2. The van der Waals surface area contributed by atoms with E-state index in [9.17, 15) is 22.4 Å². The molecule has 0 fully saturated rings. The van der Waals surface area contributed by atoms with E-state index >= 15 is 0 Å². The molecule has 2 aromatic carbocycles. The van der Waals surface area contributed by atoms with Crippen LogP contribution < -0.4 is 11.1 Å². The molecule has 26 heavy (non-hydrogen) atoms. The van der Waals surface area contributed by atoms with Gasteiger partial charge in [-0.1, -0.05) is 42.2 Å². The van der Waals surface area contributed by atoms with Crippen LogP contribution >= 0.6 is 0 Å². The molecule has 0 radical (unpaired) electrons. The molecule has 0 heterocycles. The third-order valence-corrected chi connectivity index (χ3v) is 3.20. The molecule has 8 heteroatoms. The van der Waals surface area contributed by atoms with Crippen LogP contribution in [-0.4, -0.2) is 12.6 Å². The van der Waals surface area contributed by atoms with Gasteiger partial charge in [0.25, 0.3) is 0 Å². The van der Waals surface area contributed by atoms with E-state index in [4.69, 9.17) is 10.5 Å². The van der Waals surface area contributed by atoms with Gasteiger partial charge in [0.1, 0.15) is 12.4 Å². The highest BCUT2D eigenvalue weighted by molar-refractivity contribution is 5.67. The molecule has 0 spiro atoms. The third-order valence-electron chi connectivity index (χ3n) is 3.20. The van der Waals surface area contributed by atoms with Gasteiger partial charge in [0, 0.05) is 5.56 Å². The van der Waals surface area contributed by atoms with Gasteiger partial charge in [-0.05, 0) is 17.7 Å². The summed E-state index contributed by atoms with van der Waals surface area (Å²) in [6.45, 7) is -0.224. The fourth-order valence-electron chi connectivity index (χ4n) is 1.96. The number of hydrogen-bond donors (Lipinski definition) is 2. The first-order valence-corrected chi connectivity index (χ1v) is 7.37. The molecular weight excluding hydrogens is 352 g/mol. The van der Waals surface area contributed by atoms with E-state index in [1.165, 1.54) is 0 Å². The average Bonchev–Trinajstić information content (AvgIpc) is 2.59. The Kier molecular flexibility index (Phi) is 6.07. The molecule has 0 bridgehead atoms. The lowest BCUT2D eigenvalue weighted by Gasteiger charge is -2.10. The van der Waals surface area contributed by atoms with Gasteiger partial charge in [0.2, 0.25) is 0 Å². The number of ether oxygens (including phenoxy) is 1. The quantitative estimate of drug-likeness (QED) is 0.495. The smallest absolute Gasteiger partial charge is 0.417 e. The zero-order valence-electron chi connectivity index (χ0n) is 13.4. The number of hydrogen-bond acceptors (Lipinski definition) is 3. The SMILES string of the molecule is Nc1cc(C(F)(F)F)c(C#CCNC(=O)OCc2ccccc2)cc1F. The number of nitrogens with one attached hydrogen (secondary N) is 1. The monoisotopic (exact) mass is 366 g/mol. The van der Waals surface area contributed by atoms with Gasteiger partial charge in [-0.25, -0.2) is 9.18 Å². The van der Waals surface area contributed by atoms with Crippen molar-refractivity contribution in [2.45, 2.75) is 12.8 Å². The fourth-order valence-corrected chi connectivity index (χ4v) is 1.96. The van der Waals surface area contributed by atoms with Crippen molar-refractivity contribution in [3.05, 3.63) is 65.0 Å². The predicted octanol–water partition coefficient (Wildman–Crippen LogP) is 3.70. The minimum atomic E-state index is -4.73. The fraction of sp³-hybridized carbons (Fsp3) is 0.167. The molecule has 0 unspecified atom stereocenters. The van der Waals surface area contributed by atoms with Crippen molar-refractivity contribution in [2.75, 3.05) is 12.3 Å². The number of alkyl halides is 3. The first-order chi connectivity index (χ1) is 12.3. The number of alkyl carbamates (subject to hydrolysis) is 1. The summed E-state index contributed by atoms with van der Waals surface area (Å²) in [5.74, 6) is 3.50. The number of nitrogen functional groups attached to an aromatic ring is 1. The van der Waals surface area contributed by atoms with E-state index in [0.29, 0.717) is 12.1 Å². The lowest BCUT2D eigenvalue weighted by Crippen LogP contribution is -2.24. The average molecular weight is 366 g/mol. The molecule has 0 atom stereocenters. The number of anilines is 1.